The molecule has 3 aromatic rings. The molecule has 0 aliphatic carbocycles. The van der Waals surface area contributed by atoms with Gasteiger partial charge in [0.1, 0.15) is 24.7 Å². The van der Waals surface area contributed by atoms with Crippen LogP contribution >= 0.6 is 11.6 Å². The van der Waals surface area contributed by atoms with Crippen molar-refractivity contribution < 1.29 is 23.9 Å². The van der Waals surface area contributed by atoms with Crippen molar-refractivity contribution in [1.82, 2.24) is 10.9 Å². The van der Waals surface area contributed by atoms with Gasteiger partial charge in [-0.15, -0.1) is 0 Å². The number of hydrazine groups is 1. The number of halogens is 1. The van der Waals surface area contributed by atoms with Crippen molar-refractivity contribution in [3.63, 3.8) is 0 Å². The molecule has 0 saturated carbocycles. The van der Waals surface area contributed by atoms with E-state index in [4.69, 9.17) is 21.1 Å². The first kappa shape index (κ1) is 25.6. The molecule has 3 amide bonds. The number of carbonyl (C=O) groups excluding carboxylic acids is 3. The zero-order valence-electron chi connectivity index (χ0n) is 19.2. The Morgan fingerprint density at radius 1 is 0.743 bits per heavy atom. The van der Waals surface area contributed by atoms with Crippen LogP contribution in [0.4, 0.5) is 5.69 Å². The lowest BCUT2D eigenvalue weighted by Crippen LogP contribution is -2.41. The summed E-state index contributed by atoms with van der Waals surface area (Å²) in [7, 11) is 0. The van der Waals surface area contributed by atoms with Crippen LogP contribution in [0.25, 0.3) is 0 Å². The summed E-state index contributed by atoms with van der Waals surface area (Å²) in [5.41, 5.74) is 6.31. The molecule has 0 heterocycles. The van der Waals surface area contributed by atoms with Crippen molar-refractivity contribution in [2.24, 2.45) is 0 Å². The minimum Gasteiger partial charge on any atom is -0.490 e. The monoisotopic (exact) mass is 495 g/mol. The van der Waals surface area contributed by atoms with Gasteiger partial charge in [0.25, 0.3) is 5.91 Å². The summed E-state index contributed by atoms with van der Waals surface area (Å²) in [4.78, 5) is 36.3. The summed E-state index contributed by atoms with van der Waals surface area (Å²) in [5.74, 6) is 0.0396. The second-order valence-electron chi connectivity index (χ2n) is 7.50. The molecule has 3 N–H and O–H groups in total. The Kier molecular flexibility index (Phi) is 9.50. The Hall–Kier alpha value is -4.04. The van der Waals surface area contributed by atoms with Gasteiger partial charge in [-0.3, -0.25) is 25.2 Å². The summed E-state index contributed by atoms with van der Waals surface area (Å²) in [5, 5.41) is 3.26. The number of hydrogen-bond acceptors (Lipinski definition) is 5. The third kappa shape index (κ3) is 8.35. The van der Waals surface area contributed by atoms with Gasteiger partial charge in [0.2, 0.25) is 11.8 Å². The van der Waals surface area contributed by atoms with E-state index in [0.717, 1.165) is 11.3 Å². The number of nitrogens with one attached hydrogen (secondary N) is 3. The maximum Gasteiger partial charge on any atom is 0.269 e. The molecule has 182 valence electrons. The van der Waals surface area contributed by atoms with E-state index in [2.05, 4.69) is 16.2 Å². The number of hydrogen-bond donors (Lipinski definition) is 3. The first-order chi connectivity index (χ1) is 16.9. The molecule has 0 unspecified atom stereocenters. The van der Waals surface area contributed by atoms with Gasteiger partial charge in [-0.25, -0.2) is 0 Å². The van der Waals surface area contributed by atoms with Crippen LogP contribution in [-0.2, 0) is 9.59 Å². The molecular weight excluding hydrogens is 470 g/mol. The quantitative estimate of drug-likeness (QED) is 0.287. The van der Waals surface area contributed by atoms with Crippen LogP contribution in [0.1, 0.15) is 28.8 Å². The van der Waals surface area contributed by atoms with Crippen LogP contribution in [0, 0.1) is 6.92 Å². The molecule has 0 aliphatic heterocycles. The predicted octanol–water partition coefficient (Wildman–Crippen LogP) is 4.29. The standard InChI is InChI=1S/C26H26ClN3O5/c1-18-22(27)8-5-9-23(18)28-24(31)14-15-25(32)29-30-26(33)19-10-12-21(13-11-19)35-17-16-34-20-6-3-2-4-7-20/h2-13H,14-17H2,1H3,(H,28,31)(H,29,32)(H,30,33). The van der Waals surface area contributed by atoms with Gasteiger partial charge in [-0.1, -0.05) is 35.9 Å². The van der Waals surface area contributed by atoms with Gasteiger partial charge in [-0.05, 0) is 61.0 Å². The lowest BCUT2D eigenvalue weighted by molar-refractivity contribution is -0.124. The highest BCUT2D eigenvalue weighted by atomic mass is 35.5. The van der Waals surface area contributed by atoms with Gasteiger partial charge in [-0.2, -0.15) is 0 Å². The molecular formula is C26H26ClN3O5. The Bertz CT molecular complexity index is 1150. The largest absolute Gasteiger partial charge is 0.490 e. The van der Waals surface area contributed by atoms with Crippen LogP contribution < -0.4 is 25.6 Å². The van der Waals surface area contributed by atoms with Crippen molar-refractivity contribution in [1.29, 1.82) is 0 Å². The maximum absolute atomic E-state index is 12.2. The van der Waals surface area contributed by atoms with Crippen LogP contribution in [-0.4, -0.2) is 30.9 Å². The summed E-state index contributed by atoms with van der Waals surface area (Å²) in [6.07, 6.45) is -0.142. The summed E-state index contributed by atoms with van der Waals surface area (Å²) in [6.45, 7) is 2.52. The lowest BCUT2D eigenvalue weighted by Gasteiger charge is -2.11. The molecule has 0 aliphatic rings. The van der Waals surface area contributed by atoms with E-state index in [1.807, 2.05) is 30.3 Å². The van der Waals surface area contributed by atoms with Crippen molar-refractivity contribution in [2.45, 2.75) is 19.8 Å². The predicted molar refractivity (Wildman–Crippen MR) is 134 cm³/mol. The molecule has 9 heteroatoms. The van der Waals surface area contributed by atoms with Crippen molar-refractivity contribution >= 4 is 35.0 Å². The van der Waals surface area contributed by atoms with Crippen LogP contribution in [0.5, 0.6) is 11.5 Å². The van der Waals surface area contributed by atoms with E-state index in [-0.39, 0.29) is 18.7 Å². The number of amides is 3. The summed E-state index contributed by atoms with van der Waals surface area (Å²) >= 11 is 6.04. The first-order valence-electron chi connectivity index (χ1n) is 11.0. The van der Waals surface area contributed by atoms with Crippen molar-refractivity contribution in [2.75, 3.05) is 18.5 Å². The number of benzene rings is 3. The second kappa shape index (κ2) is 13.0. The SMILES string of the molecule is Cc1c(Cl)cccc1NC(=O)CCC(=O)NNC(=O)c1ccc(OCCOc2ccccc2)cc1. The van der Waals surface area contributed by atoms with Gasteiger partial charge in [0.05, 0.1) is 0 Å². The molecule has 0 fully saturated rings. The molecule has 3 rings (SSSR count). The fraction of sp³-hybridized carbons (Fsp3) is 0.192. The van der Waals surface area contributed by atoms with Gasteiger partial charge < -0.3 is 14.8 Å². The van der Waals surface area contributed by atoms with Crippen LogP contribution in [0.2, 0.25) is 5.02 Å². The van der Waals surface area contributed by atoms with Crippen molar-refractivity contribution in [3.8, 4) is 11.5 Å². The Balaban J connectivity index is 1.34. The number of para-hydroxylation sites is 1. The topological polar surface area (TPSA) is 106 Å². The van der Waals surface area contributed by atoms with Gasteiger partial charge >= 0.3 is 0 Å². The van der Waals surface area contributed by atoms with Gasteiger partial charge in [0.15, 0.2) is 0 Å². The fourth-order valence-electron chi connectivity index (χ4n) is 2.98. The zero-order valence-corrected chi connectivity index (χ0v) is 19.9. The average Bonchev–Trinajstić information content (AvgIpc) is 2.87. The molecule has 0 atom stereocenters. The molecule has 3 aromatic carbocycles. The summed E-state index contributed by atoms with van der Waals surface area (Å²) in [6, 6.07) is 21.1. The third-order valence-electron chi connectivity index (χ3n) is 4.92. The Morgan fingerprint density at radius 3 is 2.06 bits per heavy atom. The third-order valence-corrected chi connectivity index (χ3v) is 5.33. The number of anilines is 1. The molecule has 0 spiro atoms. The second-order valence-corrected chi connectivity index (χ2v) is 7.90. The number of ether oxygens (including phenoxy) is 2. The van der Waals surface area contributed by atoms with Crippen LogP contribution in [0.15, 0.2) is 72.8 Å². The highest BCUT2D eigenvalue weighted by molar-refractivity contribution is 6.31. The first-order valence-corrected chi connectivity index (χ1v) is 11.3. The Morgan fingerprint density at radius 2 is 1.37 bits per heavy atom. The van der Waals surface area contributed by atoms with E-state index in [1.165, 1.54) is 0 Å². The van der Waals surface area contributed by atoms with E-state index in [0.29, 0.717) is 35.2 Å². The van der Waals surface area contributed by atoms with E-state index in [1.54, 1.807) is 49.4 Å². The molecule has 0 saturated heterocycles. The van der Waals surface area contributed by atoms with E-state index >= 15 is 0 Å². The normalized spacial score (nSPS) is 10.2. The minimum absolute atomic E-state index is 0.0479. The lowest BCUT2D eigenvalue weighted by atomic mass is 10.2. The smallest absolute Gasteiger partial charge is 0.269 e. The minimum atomic E-state index is -0.491. The molecule has 0 aromatic heterocycles. The average molecular weight is 496 g/mol. The van der Waals surface area contributed by atoms with Crippen LogP contribution in [0.3, 0.4) is 0 Å². The van der Waals surface area contributed by atoms with Crippen molar-refractivity contribution in [3.05, 3.63) is 88.9 Å². The molecule has 0 bridgehead atoms. The number of carbonyl (C=O) groups is 3. The molecule has 0 radical (unpaired) electrons. The van der Waals surface area contributed by atoms with Gasteiger partial charge in [0, 0.05) is 29.1 Å². The molecule has 35 heavy (non-hydrogen) atoms. The fourth-order valence-corrected chi connectivity index (χ4v) is 3.16. The molecule has 8 nitrogen and oxygen atoms in total. The Labute approximate surface area is 208 Å². The summed E-state index contributed by atoms with van der Waals surface area (Å²) < 4.78 is 11.2. The maximum atomic E-state index is 12.2. The highest BCUT2D eigenvalue weighted by Crippen LogP contribution is 2.23. The zero-order chi connectivity index (χ0) is 25.0. The van der Waals surface area contributed by atoms with E-state index < -0.39 is 11.8 Å². The van der Waals surface area contributed by atoms with E-state index in [9.17, 15) is 14.4 Å². The highest BCUT2D eigenvalue weighted by Gasteiger charge is 2.11. The number of rotatable bonds is 10.